The average molecular weight is 532 g/mol. The molecule has 0 bridgehead atoms. The summed E-state index contributed by atoms with van der Waals surface area (Å²) in [5.74, 6) is 0.450. The second kappa shape index (κ2) is 11.8. The van der Waals surface area contributed by atoms with Gasteiger partial charge in [0.2, 0.25) is 0 Å². The van der Waals surface area contributed by atoms with Gasteiger partial charge in [-0.15, -0.1) is 0 Å². The van der Waals surface area contributed by atoms with Crippen LogP contribution in [0.1, 0.15) is 63.4 Å². The molecule has 0 radical (unpaired) electrons. The lowest BCUT2D eigenvalue weighted by molar-refractivity contribution is 0.101. The second-order valence-corrected chi connectivity index (χ2v) is 15.5. The molecule has 4 rings (SSSR count). The van der Waals surface area contributed by atoms with Crippen LogP contribution in [0.15, 0.2) is 72.8 Å². The molecule has 1 N–H and O–H groups in total. The van der Waals surface area contributed by atoms with Crippen molar-refractivity contribution in [2.45, 2.75) is 65.1 Å². The number of Topliss-reactive ketones (excluding diaryl/α,β-unsaturated/α-hetero) is 1. The Morgan fingerprint density at radius 3 is 2.16 bits per heavy atom. The van der Waals surface area contributed by atoms with Gasteiger partial charge in [0.15, 0.2) is 5.78 Å². The van der Waals surface area contributed by atoms with E-state index in [0.717, 1.165) is 24.9 Å². The fraction of sp³-hybridized carbons (Fsp3) is 0.406. The molecule has 1 aliphatic heterocycles. The summed E-state index contributed by atoms with van der Waals surface area (Å²) < 4.78 is 13.1. The van der Waals surface area contributed by atoms with Gasteiger partial charge in [-0.1, -0.05) is 81.4 Å². The van der Waals surface area contributed by atoms with Crippen molar-refractivity contribution in [2.75, 3.05) is 19.8 Å². The highest BCUT2D eigenvalue weighted by Gasteiger charge is 2.50. The van der Waals surface area contributed by atoms with Crippen LogP contribution in [0, 0.1) is 0 Å². The number of carbonyl (C=O) groups is 1. The van der Waals surface area contributed by atoms with Crippen molar-refractivity contribution < 1.29 is 19.1 Å². The highest BCUT2D eigenvalue weighted by Crippen LogP contribution is 2.38. The number of likely N-dealkylation sites (tertiary alicyclic amines) is 1. The first-order chi connectivity index (χ1) is 18.2. The number of rotatable bonds is 10. The van der Waals surface area contributed by atoms with Crippen LogP contribution in [0.2, 0.25) is 5.04 Å². The Hall–Kier alpha value is -2.93. The van der Waals surface area contributed by atoms with Gasteiger partial charge in [0.05, 0.1) is 18.8 Å². The minimum absolute atomic E-state index is 0.0299. The van der Waals surface area contributed by atoms with Gasteiger partial charge in [-0.3, -0.25) is 9.69 Å². The van der Waals surface area contributed by atoms with E-state index in [1.54, 1.807) is 12.1 Å². The number of ketones is 1. The molecule has 1 atom stereocenters. The Morgan fingerprint density at radius 1 is 1.03 bits per heavy atom. The molecule has 1 saturated heterocycles. The van der Waals surface area contributed by atoms with Crippen molar-refractivity contribution in [3.8, 4) is 11.5 Å². The van der Waals surface area contributed by atoms with E-state index in [4.69, 9.17) is 9.16 Å². The number of phenols is 1. The first kappa shape index (κ1) is 28.1. The molecule has 0 amide bonds. The molecule has 3 aromatic rings. The summed E-state index contributed by atoms with van der Waals surface area (Å²) >= 11 is 0. The van der Waals surface area contributed by atoms with Crippen LogP contribution in [0.5, 0.6) is 11.5 Å². The fourth-order valence-corrected chi connectivity index (χ4v) is 10.4. The van der Waals surface area contributed by atoms with Crippen LogP contribution in [0.25, 0.3) is 0 Å². The van der Waals surface area contributed by atoms with Crippen molar-refractivity contribution in [1.82, 2.24) is 4.90 Å². The van der Waals surface area contributed by atoms with Crippen LogP contribution in [0.3, 0.4) is 0 Å². The normalized spacial score (nSPS) is 16.5. The maximum Gasteiger partial charge on any atom is 0.261 e. The number of carbonyl (C=O) groups excluding carboxylic acids is 1. The lowest BCUT2D eigenvalue weighted by Gasteiger charge is -2.44. The highest BCUT2D eigenvalue weighted by molar-refractivity contribution is 6.99. The molecule has 38 heavy (non-hydrogen) atoms. The highest BCUT2D eigenvalue weighted by atomic mass is 28.4. The van der Waals surface area contributed by atoms with Crippen LogP contribution in [-0.4, -0.2) is 49.9 Å². The Bertz CT molecular complexity index is 1180. The fourth-order valence-electron chi connectivity index (χ4n) is 5.80. The smallest absolute Gasteiger partial charge is 0.261 e. The topological polar surface area (TPSA) is 59.0 Å². The van der Waals surface area contributed by atoms with Gasteiger partial charge >= 0.3 is 0 Å². The molecule has 0 aliphatic carbocycles. The molecule has 1 heterocycles. The minimum Gasteiger partial charge on any atom is -0.507 e. The molecular weight excluding hydrogens is 490 g/mol. The summed E-state index contributed by atoms with van der Waals surface area (Å²) in [6.07, 6.45) is 2.15. The third kappa shape index (κ3) is 5.72. The lowest BCUT2D eigenvalue weighted by atomic mass is 10.0. The molecule has 1 fully saturated rings. The molecule has 3 aromatic carbocycles. The second-order valence-electron chi connectivity index (χ2n) is 11.2. The van der Waals surface area contributed by atoms with Crippen LogP contribution >= 0.6 is 0 Å². The molecule has 6 heteroatoms. The maximum absolute atomic E-state index is 12.1. The van der Waals surface area contributed by atoms with Gasteiger partial charge < -0.3 is 14.3 Å². The van der Waals surface area contributed by atoms with Gasteiger partial charge in [0, 0.05) is 24.2 Å². The summed E-state index contributed by atoms with van der Waals surface area (Å²) in [6.45, 7) is 13.0. The Morgan fingerprint density at radius 2 is 1.63 bits per heavy atom. The van der Waals surface area contributed by atoms with Crippen molar-refractivity contribution in [2.24, 2.45) is 0 Å². The zero-order valence-electron chi connectivity index (χ0n) is 23.4. The molecule has 5 nitrogen and oxygen atoms in total. The molecule has 0 saturated carbocycles. The van der Waals surface area contributed by atoms with Crippen molar-refractivity contribution in [3.63, 3.8) is 0 Å². The number of benzene rings is 3. The van der Waals surface area contributed by atoms with Crippen molar-refractivity contribution >= 4 is 24.5 Å². The van der Waals surface area contributed by atoms with E-state index in [1.165, 1.54) is 17.3 Å². The first-order valence-electron chi connectivity index (χ1n) is 13.7. The van der Waals surface area contributed by atoms with Crippen molar-refractivity contribution in [3.05, 3.63) is 83.9 Å². The van der Waals surface area contributed by atoms with Gasteiger partial charge in [0.25, 0.3) is 8.32 Å². The average Bonchev–Trinajstić information content (AvgIpc) is 3.33. The van der Waals surface area contributed by atoms with E-state index in [2.05, 4.69) is 86.3 Å². The Kier molecular flexibility index (Phi) is 8.76. The minimum atomic E-state index is -2.62. The summed E-state index contributed by atoms with van der Waals surface area (Å²) in [7, 11) is -2.62. The zero-order valence-corrected chi connectivity index (χ0v) is 24.4. The maximum atomic E-state index is 12.1. The molecule has 1 aliphatic rings. The summed E-state index contributed by atoms with van der Waals surface area (Å²) in [5.41, 5.74) is 1.26. The van der Waals surface area contributed by atoms with Crippen LogP contribution in [0.4, 0.5) is 0 Å². The third-order valence-corrected chi connectivity index (χ3v) is 12.6. The number of phenolic OH excluding ortho intramolecular Hbond substituents is 1. The molecule has 0 aromatic heterocycles. The third-order valence-electron chi connectivity index (χ3n) is 7.64. The van der Waals surface area contributed by atoms with Crippen molar-refractivity contribution in [1.29, 1.82) is 0 Å². The summed E-state index contributed by atoms with van der Waals surface area (Å²) in [4.78, 5) is 14.6. The Balaban J connectivity index is 1.65. The van der Waals surface area contributed by atoms with E-state index in [0.29, 0.717) is 31.1 Å². The molecule has 202 valence electrons. The standard InChI is InChI=1S/C32H41NO4Si/c1-6-36-31-21-30(35)29(24(2)34)20-25(31)22-33-19-13-14-26(33)23-37-38(32(3,4)5,27-15-9-7-10-16-27)28-17-11-8-12-18-28/h7-12,15-18,20-21,26,35H,6,13-14,19,22-23H2,1-5H3/t26-/m1/s1. The number of aromatic hydroxyl groups is 1. The lowest BCUT2D eigenvalue weighted by Crippen LogP contribution is -2.67. The molecule has 0 spiro atoms. The van der Waals surface area contributed by atoms with E-state index in [-0.39, 0.29) is 22.6 Å². The van der Waals surface area contributed by atoms with Crippen LogP contribution in [-0.2, 0) is 11.0 Å². The summed E-state index contributed by atoms with van der Waals surface area (Å²) in [5, 5.41) is 12.9. The molecule has 0 unspecified atom stereocenters. The Labute approximate surface area is 228 Å². The van der Waals surface area contributed by atoms with E-state index < -0.39 is 8.32 Å². The van der Waals surface area contributed by atoms with Gasteiger partial charge in [0.1, 0.15) is 11.5 Å². The predicted molar refractivity (Wildman–Crippen MR) is 156 cm³/mol. The monoisotopic (exact) mass is 531 g/mol. The van der Waals surface area contributed by atoms with E-state index in [1.807, 2.05) is 6.92 Å². The SMILES string of the molecule is CCOc1cc(O)c(C(C)=O)cc1CN1CCC[C@@H]1CO[Si](c1ccccc1)(c1ccccc1)C(C)(C)C. The van der Waals surface area contributed by atoms with Gasteiger partial charge in [-0.25, -0.2) is 0 Å². The van der Waals surface area contributed by atoms with E-state index in [9.17, 15) is 9.90 Å². The zero-order chi connectivity index (χ0) is 27.3. The number of nitrogens with zero attached hydrogens (tertiary/aromatic N) is 1. The number of ether oxygens (including phenoxy) is 1. The molecular formula is C32H41NO4Si. The largest absolute Gasteiger partial charge is 0.507 e. The summed E-state index contributed by atoms with van der Waals surface area (Å²) in [6, 6.07) is 25.1. The number of hydrogen-bond acceptors (Lipinski definition) is 5. The van der Waals surface area contributed by atoms with Crippen LogP contribution < -0.4 is 15.1 Å². The van der Waals surface area contributed by atoms with Gasteiger partial charge in [-0.05, 0) is 54.7 Å². The number of hydrogen-bond donors (Lipinski definition) is 1. The first-order valence-corrected chi connectivity index (χ1v) is 15.6. The van der Waals surface area contributed by atoms with Gasteiger partial charge in [-0.2, -0.15) is 0 Å². The quantitative estimate of drug-likeness (QED) is 0.275. The van der Waals surface area contributed by atoms with E-state index >= 15 is 0 Å². The predicted octanol–water partition coefficient (Wildman–Crippen LogP) is 5.53.